The summed E-state index contributed by atoms with van der Waals surface area (Å²) >= 11 is 0. The molecule has 1 aromatic heterocycles. The first-order chi connectivity index (χ1) is 9.90. The van der Waals surface area contributed by atoms with Crippen LogP contribution in [0.1, 0.15) is 45.0 Å². The Hall–Kier alpha value is -1.87. The van der Waals surface area contributed by atoms with Crippen LogP contribution in [-0.4, -0.2) is 12.0 Å². The monoisotopic (exact) mass is 284 g/mol. The second-order valence-corrected chi connectivity index (χ2v) is 6.31. The smallest absolute Gasteiger partial charge is 0.145 e. The number of nitrogens with one attached hydrogen (secondary N) is 1. The molecule has 1 aromatic carbocycles. The number of rotatable bonds is 4. The van der Waals surface area contributed by atoms with Crippen molar-refractivity contribution in [2.45, 2.75) is 39.2 Å². The lowest BCUT2D eigenvalue weighted by Gasteiger charge is -2.19. The van der Waals surface area contributed by atoms with E-state index in [9.17, 15) is 0 Å². The Balaban J connectivity index is 2.08. The number of pyridine rings is 1. The highest BCUT2D eigenvalue weighted by atomic mass is 16.5. The first-order valence-electron chi connectivity index (χ1n) is 7.32. The first-order valence-corrected chi connectivity index (χ1v) is 7.32. The summed E-state index contributed by atoms with van der Waals surface area (Å²) in [6.07, 6.45) is 1.76. The van der Waals surface area contributed by atoms with Crippen molar-refractivity contribution in [2.75, 3.05) is 7.05 Å². The fraction of sp³-hybridized carbons (Fsp3) is 0.389. The lowest BCUT2D eigenvalue weighted by molar-refractivity contribution is 0.477. The van der Waals surface area contributed by atoms with E-state index in [-0.39, 0.29) is 11.5 Å². The summed E-state index contributed by atoms with van der Waals surface area (Å²) in [7, 11) is 1.92. The number of benzene rings is 1. The Morgan fingerprint density at radius 1 is 1.00 bits per heavy atom. The zero-order valence-electron chi connectivity index (χ0n) is 13.5. The van der Waals surface area contributed by atoms with Gasteiger partial charge >= 0.3 is 0 Å². The van der Waals surface area contributed by atoms with Crippen LogP contribution in [0.3, 0.4) is 0 Å². The molecule has 0 fully saturated rings. The molecule has 112 valence electrons. The van der Waals surface area contributed by atoms with Gasteiger partial charge in [-0.05, 0) is 49.2 Å². The van der Waals surface area contributed by atoms with Crippen LogP contribution in [0.25, 0.3) is 0 Å². The molecule has 0 saturated carbocycles. The topological polar surface area (TPSA) is 34.1 Å². The molecule has 3 heteroatoms. The van der Waals surface area contributed by atoms with Crippen molar-refractivity contribution in [1.82, 2.24) is 10.3 Å². The van der Waals surface area contributed by atoms with E-state index in [0.29, 0.717) is 0 Å². The normalized spacial score (nSPS) is 13.0. The van der Waals surface area contributed by atoms with Crippen LogP contribution in [0.15, 0.2) is 42.6 Å². The van der Waals surface area contributed by atoms with E-state index in [4.69, 9.17) is 4.74 Å². The van der Waals surface area contributed by atoms with Crippen molar-refractivity contribution < 1.29 is 4.74 Å². The van der Waals surface area contributed by atoms with Crippen molar-refractivity contribution >= 4 is 0 Å². The highest BCUT2D eigenvalue weighted by Gasteiger charge is 2.13. The molecule has 0 spiro atoms. The number of ether oxygens (including phenoxy) is 1. The lowest BCUT2D eigenvalue weighted by atomic mass is 9.87. The van der Waals surface area contributed by atoms with Gasteiger partial charge in [0.25, 0.3) is 0 Å². The molecule has 2 aromatic rings. The van der Waals surface area contributed by atoms with E-state index in [1.165, 1.54) is 5.56 Å². The minimum absolute atomic E-state index is 0.158. The van der Waals surface area contributed by atoms with Gasteiger partial charge in [-0.3, -0.25) is 4.98 Å². The average molecular weight is 284 g/mol. The molecule has 1 heterocycles. The summed E-state index contributed by atoms with van der Waals surface area (Å²) in [5, 5.41) is 3.17. The zero-order valence-corrected chi connectivity index (χ0v) is 13.5. The van der Waals surface area contributed by atoms with E-state index in [0.717, 1.165) is 17.2 Å². The molecule has 0 amide bonds. The molecule has 0 aliphatic rings. The molecule has 0 bridgehead atoms. The number of hydrogen-bond donors (Lipinski definition) is 1. The molecule has 1 atom stereocenters. The molecule has 3 nitrogen and oxygen atoms in total. The first kappa shape index (κ1) is 15.5. The van der Waals surface area contributed by atoms with E-state index < -0.39 is 0 Å². The maximum absolute atomic E-state index is 5.83. The van der Waals surface area contributed by atoms with Crippen LogP contribution in [0.5, 0.6) is 11.5 Å². The molecule has 1 N–H and O–H groups in total. The summed E-state index contributed by atoms with van der Waals surface area (Å²) in [5.41, 5.74) is 2.46. The van der Waals surface area contributed by atoms with Gasteiger partial charge in [-0.1, -0.05) is 32.9 Å². The maximum atomic E-state index is 5.83. The predicted octanol–water partition coefficient (Wildman–Crippen LogP) is 4.45. The Bertz CT molecular complexity index is 568. The van der Waals surface area contributed by atoms with E-state index in [1.807, 2.05) is 31.3 Å². The van der Waals surface area contributed by atoms with Crippen LogP contribution in [0.2, 0.25) is 0 Å². The molecule has 0 radical (unpaired) electrons. The Morgan fingerprint density at radius 2 is 1.62 bits per heavy atom. The standard InChI is InChI=1S/C18H24N2O/c1-13(19-5)17-11-10-16(12-20-17)21-15-8-6-14(7-9-15)18(2,3)4/h6-13,19H,1-5H3. The molecular weight excluding hydrogens is 260 g/mol. The quantitative estimate of drug-likeness (QED) is 0.900. The summed E-state index contributed by atoms with van der Waals surface area (Å²) in [6.45, 7) is 8.69. The van der Waals surface area contributed by atoms with Gasteiger partial charge in [-0.15, -0.1) is 0 Å². The third kappa shape index (κ3) is 4.05. The van der Waals surface area contributed by atoms with Crippen molar-refractivity contribution in [3.63, 3.8) is 0 Å². The molecule has 1 unspecified atom stereocenters. The van der Waals surface area contributed by atoms with Gasteiger partial charge < -0.3 is 10.1 Å². The maximum Gasteiger partial charge on any atom is 0.145 e. The van der Waals surface area contributed by atoms with Crippen LogP contribution < -0.4 is 10.1 Å². The minimum atomic E-state index is 0.158. The molecular formula is C18H24N2O. The van der Waals surface area contributed by atoms with Gasteiger partial charge in [-0.2, -0.15) is 0 Å². The number of aromatic nitrogens is 1. The third-order valence-corrected chi connectivity index (χ3v) is 3.59. The fourth-order valence-electron chi connectivity index (χ4n) is 2.02. The largest absolute Gasteiger partial charge is 0.456 e. The van der Waals surface area contributed by atoms with Crippen LogP contribution >= 0.6 is 0 Å². The van der Waals surface area contributed by atoms with Crippen molar-refractivity contribution in [2.24, 2.45) is 0 Å². The highest BCUT2D eigenvalue weighted by molar-refractivity contribution is 5.34. The number of hydrogen-bond acceptors (Lipinski definition) is 3. The van der Waals surface area contributed by atoms with E-state index in [2.05, 4.69) is 50.1 Å². The van der Waals surface area contributed by atoms with Gasteiger partial charge in [0, 0.05) is 6.04 Å². The lowest BCUT2D eigenvalue weighted by Crippen LogP contribution is -2.13. The van der Waals surface area contributed by atoms with Gasteiger partial charge in [-0.25, -0.2) is 0 Å². The van der Waals surface area contributed by atoms with E-state index in [1.54, 1.807) is 6.20 Å². The molecule has 0 saturated heterocycles. The van der Waals surface area contributed by atoms with Crippen molar-refractivity contribution in [1.29, 1.82) is 0 Å². The Labute approximate surface area is 127 Å². The van der Waals surface area contributed by atoms with Crippen LogP contribution in [0.4, 0.5) is 0 Å². The fourth-order valence-corrected chi connectivity index (χ4v) is 2.02. The predicted molar refractivity (Wildman–Crippen MR) is 86.9 cm³/mol. The summed E-state index contributed by atoms with van der Waals surface area (Å²) in [6, 6.07) is 12.4. The molecule has 21 heavy (non-hydrogen) atoms. The summed E-state index contributed by atoms with van der Waals surface area (Å²) in [4.78, 5) is 4.41. The zero-order chi connectivity index (χ0) is 15.5. The molecule has 0 aliphatic heterocycles. The SMILES string of the molecule is CNC(C)c1ccc(Oc2ccc(C(C)(C)C)cc2)cn1. The van der Waals surface area contributed by atoms with Crippen LogP contribution in [0, 0.1) is 0 Å². The third-order valence-electron chi connectivity index (χ3n) is 3.59. The number of nitrogens with zero attached hydrogens (tertiary/aromatic N) is 1. The second kappa shape index (κ2) is 6.27. The summed E-state index contributed by atoms with van der Waals surface area (Å²) in [5.74, 6) is 1.59. The van der Waals surface area contributed by atoms with E-state index >= 15 is 0 Å². The minimum Gasteiger partial charge on any atom is -0.456 e. The molecule has 2 rings (SSSR count). The van der Waals surface area contributed by atoms with Crippen molar-refractivity contribution in [3.8, 4) is 11.5 Å². The van der Waals surface area contributed by atoms with Gasteiger partial charge in [0.1, 0.15) is 11.5 Å². The Kier molecular flexibility index (Phi) is 4.63. The van der Waals surface area contributed by atoms with Gasteiger partial charge in [0.15, 0.2) is 0 Å². The summed E-state index contributed by atoms with van der Waals surface area (Å²) < 4.78 is 5.83. The highest BCUT2D eigenvalue weighted by Crippen LogP contribution is 2.27. The van der Waals surface area contributed by atoms with Gasteiger partial charge in [0.2, 0.25) is 0 Å². The van der Waals surface area contributed by atoms with Crippen LogP contribution in [-0.2, 0) is 5.41 Å². The van der Waals surface area contributed by atoms with Gasteiger partial charge in [0.05, 0.1) is 11.9 Å². The Morgan fingerprint density at radius 3 is 2.10 bits per heavy atom. The second-order valence-electron chi connectivity index (χ2n) is 6.31. The van der Waals surface area contributed by atoms with Crippen molar-refractivity contribution in [3.05, 3.63) is 53.9 Å². The molecule has 0 aliphatic carbocycles. The average Bonchev–Trinajstić information content (AvgIpc) is 2.47.